The number of hydrogen-bond donors (Lipinski definition) is 0. The molecule has 0 radical (unpaired) electrons. The molecule has 0 spiro atoms. The topological polar surface area (TPSA) is 55.2 Å². The van der Waals surface area contributed by atoms with Gasteiger partial charge in [-0.15, -0.1) is 11.3 Å². The lowest BCUT2D eigenvalue weighted by molar-refractivity contribution is -0.143. The molecule has 0 aliphatic heterocycles. The van der Waals surface area contributed by atoms with Crippen LogP contribution >= 0.6 is 11.3 Å². The Morgan fingerprint density at radius 2 is 1.96 bits per heavy atom. The van der Waals surface area contributed by atoms with E-state index in [2.05, 4.69) is 5.10 Å². The Labute approximate surface area is 149 Å². The second-order valence-electron chi connectivity index (χ2n) is 5.51. The number of aromatic nitrogens is 2. The first kappa shape index (κ1) is 19.9. The van der Waals surface area contributed by atoms with E-state index in [0.717, 1.165) is 34.9 Å². The molecular formula is C15H20F3N3O2S2. The Morgan fingerprint density at radius 1 is 1.28 bits per heavy atom. The SMILES string of the molecule is CCCCN(CC)S(=O)(=O)c1ccc(-c2cc(C(F)(F)F)n(C)n2)s1. The fourth-order valence-electron chi connectivity index (χ4n) is 2.36. The molecule has 25 heavy (non-hydrogen) atoms. The number of thiophene rings is 1. The Bertz CT molecular complexity index is 825. The van der Waals surface area contributed by atoms with E-state index in [9.17, 15) is 21.6 Å². The molecule has 5 nitrogen and oxygen atoms in total. The second-order valence-corrected chi connectivity index (χ2v) is 8.75. The number of nitrogens with zero attached hydrogens (tertiary/aromatic N) is 3. The summed E-state index contributed by atoms with van der Waals surface area (Å²) in [5.74, 6) is 0. The van der Waals surface area contributed by atoms with E-state index in [0.29, 0.717) is 18.0 Å². The Balaban J connectivity index is 2.34. The molecule has 0 bridgehead atoms. The van der Waals surface area contributed by atoms with Crippen LogP contribution in [0.25, 0.3) is 10.6 Å². The van der Waals surface area contributed by atoms with E-state index in [1.54, 1.807) is 6.92 Å². The van der Waals surface area contributed by atoms with Crippen LogP contribution in [-0.4, -0.2) is 35.6 Å². The molecule has 0 fully saturated rings. The zero-order valence-corrected chi connectivity index (χ0v) is 15.8. The van der Waals surface area contributed by atoms with Crippen molar-refractivity contribution in [3.63, 3.8) is 0 Å². The number of aryl methyl sites for hydroxylation is 1. The maximum absolute atomic E-state index is 12.9. The van der Waals surface area contributed by atoms with E-state index in [1.165, 1.54) is 23.5 Å². The van der Waals surface area contributed by atoms with E-state index >= 15 is 0 Å². The minimum Gasteiger partial charge on any atom is -0.263 e. The third-order valence-corrected chi connectivity index (χ3v) is 7.26. The average Bonchev–Trinajstić information content (AvgIpc) is 3.13. The Hall–Kier alpha value is -1.39. The van der Waals surface area contributed by atoms with Gasteiger partial charge in [-0.05, 0) is 24.6 Å². The van der Waals surface area contributed by atoms with Crippen molar-refractivity contribution in [2.24, 2.45) is 7.05 Å². The van der Waals surface area contributed by atoms with Crippen LogP contribution in [0.15, 0.2) is 22.4 Å². The van der Waals surface area contributed by atoms with Gasteiger partial charge in [0.25, 0.3) is 10.0 Å². The molecule has 2 aromatic heterocycles. The third kappa shape index (κ3) is 4.24. The standard InChI is InChI=1S/C15H20F3N3O2S2/c1-4-6-9-21(5-2)25(22,23)14-8-7-12(24-14)11-10-13(15(16,17)18)20(3)19-11/h7-8,10H,4-6,9H2,1-3H3. The molecule has 0 saturated heterocycles. The van der Waals surface area contributed by atoms with Gasteiger partial charge in [-0.1, -0.05) is 20.3 Å². The predicted octanol–water partition coefficient (Wildman–Crippen LogP) is 3.98. The molecule has 10 heteroatoms. The van der Waals surface area contributed by atoms with E-state index in [1.807, 2.05) is 6.92 Å². The molecule has 0 unspecified atom stereocenters. The van der Waals surface area contributed by atoms with Crippen molar-refractivity contribution >= 4 is 21.4 Å². The summed E-state index contributed by atoms with van der Waals surface area (Å²) in [5, 5.41) is 3.86. The fraction of sp³-hybridized carbons (Fsp3) is 0.533. The quantitative estimate of drug-likeness (QED) is 0.713. The molecule has 0 amide bonds. The number of rotatable bonds is 7. The fourth-order valence-corrected chi connectivity index (χ4v) is 5.26. The van der Waals surface area contributed by atoms with Crippen molar-refractivity contribution in [2.45, 2.75) is 37.1 Å². The molecule has 0 atom stereocenters. The van der Waals surface area contributed by atoms with E-state index in [4.69, 9.17) is 0 Å². The molecule has 2 aromatic rings. The van der Waals surface area contributed by atoms with Gasteiger partial charge in [-0.2, -0.15) is 22.6 Å². The summed E-state index contributed by atoms with van der Waals surface area (Å²) in [7, 11) is -2.44. The minimum atomic E-state index is -4.51. The highest BCUT2D eigenvalue weighted by Gasteiger charge is 2.35. The van der Waals surface area contributed by atoms with Crippen molar-refractivity contribution in [3.8, 4) is 10.6 Å². The van der Waals surface area contributed by atoms with Crippen LogP contribution in [0.3, 0.4) is 0 Å². The Morgan fingerprint density at radius 3 is 2.48 bits per heavy atom. The van der Waals surface area contributed by atoms with E-state index < -0.39 is 21.9 Å². The first-order valence-electron chi connectivity index (χ1n) is 7.82. The maximum Gasteiger partial charge on any atom is 0.433 e. The van der Waals surface area contributed by atoms with E-state index in [-0.39, 0.29) is 9.90 Å². The van der Waals surface area contributed by atoms with Crippen LogP contribution in [0, 0.1) is 0 Å². The highest BCUT2D eigenvalue weighted by atomic mass is 32.2. The zero-order valence-electron chi connectivity index (χ0n) is 14.2. The van der Waals surface area contributed by atoms with Gasteiger partial charge in [0.15, 0.2) is 0 Å². The molecular weight excluding hydrogens is 375 g/mol. The Kier molecular flexibility index (Phi) is 5.95. The van der Waals surface area contributed by atoms with Crippen molar-refractivity contribution < 1.29 is 21.6 Å². The van der Waals surface area contributed by atoms with Crippen molar-refractivity contribution in [3.05, 3.63) is 23.9 Å². The first-order valence-corrected chi connectivity index (χ1v) is 10.1. The summed E-state index contributed by atoms with van der Waals surface area (Å²) in [6, 6.07) is 3.84. The first-order chi connectivity index (χ1) is 11.6. The molecule has 0 aromatic carbocycles. The highest BCUT2D eigenvalue weighted by Crippen LogP contribution is 2.35. The molecule has 0 aliphatic rings. The summed E-state index contributed by atoms with van der Waals surface area (Å²) < 4.78 is 66.2. The summed E-state index contributed by atoms with van der Waals surface area (Å²) in [5.41, 5.74) is -0.767. The van der Waals surface area contributed by atoms with Gasteiger partial charge >= 0.3 is 6.18 Å². The highest BCUT2D eigenvalue weighted by molar-refractivity contribution is 7.91. The van der Waals surface area contributed by atoms with Gasteiger partial charge in [0.05, 0.1) is 4.88 Å². The van der Waals surface area contributed by atoms with Crippen LogP contribution in [-0.2, 0) is 23.2 Å². The normalized spacial score (nSPS) is 12.9. The van der Waals surface area contributed by atoms with Crippen LogP contribution in [0.5, 0.6) is 0 Å². The molecule has 2 rings (SSSR count). The summed E-state index contributed by atoms with van der Waals surface area (Å²) in [6.45, 7) is 4.50. The average molecular weight is 395 g/mol. The van der Waals surface area contributed by atoms with Gasteiger partial charge < -0.3 is 0 Å². The van der Waals surface area contributed by atoms with Gasteiger partial charge in [-0.25, -0.2) is 8.42 Å². The third-order valence-electron chi connectivity index (χ3n) is 3.71. The second kappa shape index (κ2) is 7.46. The van der Waals surface area contributed by atoms with Crippen molar-refractivity contribution in [1.82, 2.24) is 14.1 Å². The smallest absolute Gasteiger partial charge is 0.263 e. The lowest BCUT2D eigenvalue weighted by Crippen LogP contribution is -2.31. The zero-order chi connectivity index (χ0) is 18.8. The monoisotopic (exact) mass is 395 g/mol. The minimum absolute atomic E-state index is 0.109. The summed E-state index contributed by atoms with van der Waals surface area (Å²) >= 11 is 0.930. The van der Waals surface area contributed by atoms with Crippen LogP contribution in [0.1, 0.15) is 32.4 Å². The van der Waals surface area contributed by atoms with Crippen LogP contribution in [0.2, 0.25) is 0 Å². The van der Waals surface area contributed by atoms with Gasteiger partial charge in [0, 0.05) is 20.1 Å². The summed E-state index contributed by atoms with van der Waals surface area (Å²) in [4.78, 5) is 0.385. The molecule has 0 aliphatic carbocycles. The lowest BCUT2D eigenvalue weighted by Gasteiger charge is -2.18. The summed E-state index contributed by atoms with van der Waals surface area (Å²) in [6.07, 6.45) is -2.89. The number of sulfonamides is 1. The van der Waals surface area contributed by atoms with Crippen LogP contribution < -0.4 is 0 Å². The molecule has 140 valence electrons. The van der Waals surface area contributed by atoms with Crippen LogP contribution in [0.4, 0.5) is 13.2 Å². The lowest BCUT2D eigenvalue weighted by atomic mass is 10.3. The number of unbranched alkanes of at least 4 members (excludes halogenated alkanes) is 1. The maximum atomic E-state index is 12.9. The predicted molar refractivity (Wildman–Crippen MR) is 90.9 cm³/mol. The number of alkyl halides is 3. The van der Waals surface area contributed by atoms with Crippen molar-refractivity contribution in [2.75, 3.05) is 13.1 Å². The molecule has 2 heterocycles. The van der Waals surface area contributed by atoms with Gasteiger partial charge in [0.1, 0.15) is 15.6 Å². The van der Waals surface area contributed by atoms with Crippen molar-refractivity contribution in [1.29, 1.82) is 0 Å². The van der Waals surface area contributed by atoms with Gasteiger partial charge in [0.2, 0.25) is 0 Å². The number of hydrogen-bond acceptors (Lipinski definition) is 4. The van der Waals surface area contributed by atoms with Gasteiger partial charge in [-0.3, -0.25) is 4.68 Å². The molecule has 0 N–H and O–H groups in total. The number of halogens is 3. The molecule has 0 saturated carbocycles. The largest absolute Gasteiger partial charge is 0.433 e.